The van der Waals surface area contributed by atoms with Crippen LogP contribution in [0.3, 0.4) is 0 Å². The minimum absolute atomic E-state index is 1.10. The highest BCUT2D eigenvalue weighted by molar-refractivity contribution is 5.15. The van der Waals surface area contributed by atoms with Gasteiger partial charge in [-0.2, -0.15) is 0 Å². The number of hydrogen-bond donors (Lipinski definition) is 0. The fourth-order valence-corrected chi connectivity index (χ4v) is 1.18. The van der Waals surface area contributed by atoms with Crippen molar-refractivity contribution in [1.29, 1.82) is 0 Å². The lowest BCUT2D eigenvalue weighted by molar-refractivity contribution is 0.893. The number of aromatic nitrogens is 2. The molecule has 1 aliphatic rings. The molecule has 0 atom stereocenters. The molecule has 0 aromatic carbocycles. The predicted molar refractivity (Wildman–Crippen MR) is 32.9 cm³/mol. The highest BCUT2D eigenvalue weighted by Crippen LogP contribution is 2.15. The molecule has 0 saturated heterocycles. The third kappa shape index (κ3) is 0.707. The number of fused-ring (bicyclic) bond motifs is 1. The van der Waals surface area contributed by atoms with Crippen LogP contribution in [0.5, 0.6) is 0 Å². The Morgan fingerprint density at radius 1 is 1.33 bits per heavy atom. The van der Waals surface area contributed by atoms with E-state index in [2.05, 4.69) is 16.2 Å². The van der Waals surface area contributed by atoms with Gasteiger partial charge < -0.3 is 0 Å². The molecule has 1 aromatic rings. The smallest absolute Gasteiger partial charge is 0.109 e. The van der Waals surface area contributed by atoms with Gasteiger partial charge in [-0.05, 0) is 19.3 Å². The zero-order valence-electron chi connectivity index (χ0n) is 5.09. The van der Waals surface area contributed by atoms with Crippen LogP contribution in [0.2, 0.25) is 0 Å². The molecule has 0 spiro atoms. The van der Waals surface area contributed by atoms with Gasteiger partial charge in [0.15, 0.2) is 0 Å². The van der Waals surface area contributed by atoms with Crippen molar-refractivity contribution < 1.29 is 0 Å². The first-order valence-electron chi connectivity index (χ1n) is 3.17. The first-order valence-corrected chi connectivity index (χ1v) is 3.17. The van der Waals surface area contributed by atoms with E-state index in [4.69, 9.17) is 0 Å². The van der Waals surface area contributed by atoms with Crippen LogP contribution in [-0.4, -0.2) is 9.97 Å². The van der Waals surface area contributed by atoms with Crippen molar-refractivity contribution in [1.82, 2.24) is 9.97 Å². The average molecular weight is 119 g/mol. The topological polar surface area (TPSA) is 25.8 Å². The largest absolute Gasteiger partial charge is 0.257 e. The quantitative estimate of drug-likeness (QED) is 0.504. The van der Waals surface area contributed by atoms with Gasteiger partial charge in [0.2, 0.25) is 0 Å². The third-order valence-electron chi connectivity index (χ3n) is 1.64. The van der Waals surface area contributed by atoms with Crippen molar-refractivity contribution in [2.24, 2.45) is 0 Å². The standard InChI is InChI=1S/C7H7N2/c1-2-6-7(3-1)9-5-4-8-6/h4H,1-3H2. The Bertz CT molecular complexity index is 197. The Hall–Kier alpha value is -0.920. The predicted octanol–water partition coefficient (Wildman–Crippen LogP) is 0.765. The molecule has 1 radical (unpaired) electrons. The Kier molecular flexibility index (Phi) is 0.979. The third-order valence-corrected chi connectivity index (χ3v) is 1.64. The summed E-state index contributed by atoms with van der Waals surface area (Å²) in [6.45, 7) is 0. The summed E-state index contributed by atoms with van der Waals surface area (Å²) in [6, 6.07) is 0. The number of aryl methyl sites for hydroxylation is 2. The summed E-state index contributed by atoms with van der Waals surface area (Å²) in [7, 11) is 0. The fraction of sp³-hybridized carbons (Fsp3) is 0.429. The molecule has 1 heterocycles. The monoisotopic (exact) mass is 119 g/mol. The SMILES string of the molecule is [c]1cnc2c(n1)CCC2. The molecule has 9 heavy (non-hydrogen) atoms. The summed E-state index contributed by atoms with van der Waals surface area (Å²) in [5.74, 6) is 0. The van der Waals surface area contributed by atoms with E-state index in [0.717, 1.165) is 18.5 Å². The Morgan fingerprint density at radius 2 is 2.22 bits per heavy atom. The van der Waals surface area contributed by atoms with Crippen molar-refractivity contribution in [3.05, 3.63) is 23.8 Å². The van der Waals surface area contributed by atoms with E-state index in [1.807, 2.05) is 0 Å². The highest BCUT2D eigenvalue weighted by atomic mass is 14.8. The lowest BCUT2D eigenvalue weighted by Crippen LogP contribution is -1.89. The van der Waals surface area contributed by atoms with Gasteiger partial charge in [0.25, 0.3) is 0 Å². The van der Waals surface area contributed by atoms with Crippen molar-refractivity contribution in [3.63, 3.8) is 0 Å². The van der Waals surface area contributed by atoms with E-state index in [1.165, 1.54) is 12.1 Å². The summed E-state index contributed by atoms with van der Waals surface area (Å²) in [4.78, 5) is 8.21. The maximum Gasteiger partial charge on any atom is 0.109 e. The van der Waals surface area contributed by atoms with Crippen LogP contribution < -0.4 is 0 Å². The normalized spacial score (nSPS) is 15.6. The zero-order valence-corrected chi connectivity index (χ0v) is 5.09. The van der Waals surface area contributed by atoms with E-state index < -0.39 is 0 Å². The maximum absolute atomic E-state index is 4.14. The maximum atomic E-state index is 4.14. The average Bonchev–Trinajstić information content (AvgIpc) is 2.33. The molecular weight excluding hydrogens is 112 g/mol. The van der Waals surface area contributed by atoms with Gasteiger partial charge in [0.05, 0.1) is 17.6 Å². The molecule has 0 unspecified atom stereocenters. The van der Waals surface area contributed by atoms with Gasteiger partial charge in [-0.1, -0.05) is 0 Å². The van der Waals surface area contributed by atoms with E-state index in [0.29, 0.717) is 0 Å². The second-order valence-electron chi connectivity index (χ2n) is 2.25. The molecule has 1 aromatic heterocycles. The number of nitrogens with zero attached hydrogens (tertiary/aromatic N) is 2. The van der Waals surface area contributed by atoms with Crippen LogP contribution in [0, 0.1) is 6.20 Å². The van der Waals surface area contributed by atoms with Gasteiger partial charge in [-0.25, -0.2) is 4.98 Å². The minimum Gasteiger partial charge on any atom is -0.257 e. The van der Waals surface area contributed by atoms with Gasteiger partial charge in [0, 0.05) is 0 Å². The van der Waals surface area contributed by atoms with Crippen molar-refractivity contribution in [3.8, 4) is 0 Å². The number of hydrogen-bond acceptors (Lipinski definition) is 2. The second-order valence-corrected chi connectivity index (χ2v) is 2.25. The molecule has 0 aliphatic heterocycles. The second kappa shape index (κ2) is 1.79. The molecule has 0 saturated carbocycles. The lowest BCUT2D eigenvalue weighted by atomic mass is 10.4. The van der Waals surface area contributed by atoms with Gasteiger partial charge in [-0.15, -0.1) is 0 Å². The molecule has 0 fully saturated rings. The molecule has 1 aliphatic carbocycles. The van der Waals surface area contributed by atoms with Gasteiger partial charge >= 0.3 is 0 Å². The first-order chi connectivity index (χ1) is 4.47. The Balaban J connectivity index is 2.54. The minimum atomic E-state index is 1.10. The molecule has 2 rings (SSSR count). The van der Waals surface area contributed by atoms with E-state index in [-0.39, 0.29) is 0 Å². The summed E-state index contributed by atoms with van der Waals surface area (Å²) in [5, 5.41) is 0. The molecule has 0 bridgehead atoms. The summed E-state index contributed by atoms with van der Waals surface area (Å²) in [6.07, 6.45) is 7.80. The van der Waals surface area contributed by atoms with Crippen LogP contribution in [0.1, 0.15) is 17.8 Å². The molecule has 0 N–H and O–H groups in total. The number of rotatable bonds is 0. The Morgan fingerprint density at radius 3 is 3.11 bits per heavy atom. The first kappa shape index (κ1) is 4.91. The Labute approximate surface area is 54.0 Å². The van der Waals surface area contributed by atoms with Crippen LogP contribution in [-0.2, 0) is 12.8 Å². The van der Waals surface area contributed by atoms with Crippen molar-refractivity contribution in [2.75, 3.05) is 0 Å². The molecule has 45 valence electrons. The van der Waals surface area contributed by atoms with Crippen LogP contribution in [0.15, 0.2) is 6.20 Å². The van der Waals surface area contributed by atoms with Crippen molar-refractivity contribution in [2.45, 2.75) is 19.3 Å². The van der Waals surface area contributed by atoms with Gasteiger partial charge in [0.1, 0.15) is 6.20 Å². The van der Waals surface area contributed by atoms with Gasteiger partial charge in [-0.3, -0.25) is 4.98 Å². The van der Waals surface area contributed by atoms with Crippen LogP contribution in [0.25, 0.3) is 0 Å². The molecular formula is C7H7N2. The zero-order chi connectivity index (χ0) is 6.10. The van der Waals surface area contributed by atoms with E-state index >= 15 is 0 Å². The molecule has 0 amide bonds. The molecule has 2 heteroatoms. The van der Waals surface area contributed by atoms with E-state index in [9.17, 15) is 0 Å². The molecule has 2 nitrogen and oxygen atoms in total. The summed E-state index contributed by atoms with van der Waals surface area (Å²) < 4.78 is 0. The summed E-state index contributed by atoms with van der Waals surface area (Å²) in [5.41, 5.74) is 2.33. The summed E-state index contributed by atoms with van der Waals surface area (Å²) >= 11 is 0. The highest BCUT2D eigenvalue weighted by Gasteiger charge is 2.10. The fourth-order valence-electron chi connectivity index (χ4n) is 1.18. The van der Waals surface area contributed by atoms with E-state index in [1.54, 1.807) is 6.20 Å². The lowest BCUT2D eigenvalue weighted by Gasteiger charge is -1.90. The van der Waals surface area contributed by atoms with Crippen molar-refractivity contribution >= 4 is 0 Å². The van der Waals surface area contributed by atoms with Crippen LogP contribution in [0.4, 0.5) is 0 Å². The van der Waals surface area contributed by atoms with Crippen LogP contribution >= 0.6 is 0 Å².